The summed E-state index contributed by atoms with van der Waals surface area (Å²) in [5.74, 6) is -2.32. The maximum Gasteiger partial charge on any atom is 0.337 e. The zero-order chi connectivity index (χ0) is 16.0. The third-order valence-electron chi connectivity index (χ3n) is 2.76. The number of nitrogens with zero attached hydrogens (tertiary/aromatic N) is 1. The van der Waals surface area contributed by atoms with Gasteiger partial charge in [-0.3, -0.25) is 4.72 Å². The number of hydrogen-bond donors (Lipinski definition) is 2. The van der Waals surface area contributed by atoms with Crippen LogP contribution in [0.25, 0.3) is 0 Å². The Morgan fingerprint density at radius 1 is 1.29 bits per heavy atom. The second-order valence-corrected chi connectivity index (χ2v) is 6.14. The molecule has 0 aliphatic rings. The summed E-state index contributed by atoms with van der Waals surface area (Å²) in [5, 5.41) is 9.02. The number of rotatable bonds is 8. The fraction of sp³-hybridized carbons (Fsp3) is 0.462. The fourth-order valence-electron chi connectivity index (χ4n) is 1.85. The summed E-state index contributed by atoms with van der Waals surface area (Å²) in [6.07, 6.45) is 1.20. The molecule has 0 saturated heterocycles. The average Bonchev–Trinajstić information content (AvgIpc) is 2.40. The van der Waals surface area contributed by atoms with Crippen LogP contribution in [0.15, 0.2) is 18.2 Å². The summed E-state index contributed by atoms with van der Waals surface area (Å²) < 4.78 is 41.5. The summed E-state index contributed by atoms with van der Waals surface area (Å²) in [7, 11) is -4.00. The van der Waals surface area contributed by atoms with Gasteiger partial charge in [-0.2, -0.15) is 12.7 Å². The van der Waals surface area contributed by atoms with Crippen molar-refractivity contribution in [1.82, 2.24) is 4.31 Å². The lowest BCUT2D eigenvalue weighted by Gasteiger charge is -2.22. The van der Waals surface area contributed by atoms with Crippen LogP contribution < -0.4 is 4.72 Å². The van der Waals surface area contributed by atoms with Crippen molar-refractivity contribution in [1.29, 1.82) is 0 Å². The van der Waals surface area contributed by atoms with Crippen LogP contribution in [0.2, 0.25) is 0 Å². The Morgan fingerprint density at radius 2 is 1.86 bits per heavy atom. The molecule has 1 rings (SSSR count). The molecule has 0 bridgehead atoms. The number of carboxylic acid groups (broad SMARTS) is 1. The van der Waals surface area contributed by atoms with Crippen molar-refractivity contribution in [3.05, 3.63) is 29.6 Å². The molecule has 0 saturated carbocycles. The van der Waals surface area contributed by atoms with E-state index in [1.165, 1.54) is 10.4 Å². The Hall–Kier alpha value is -1.67. The van der Waals surface area contributed by atoms with E-state index in [4.69, 9.17) is 5.11 Å². The highest BCUT2D eigenvalue weighted by atomic mass is 32.2. The van der Waals surface area contributed by atoms with E-state index in [1.54, 1.807) is 0 Å². The standard InChI is InChI=1S/C13H19FN2O4S/c1-3-8-16(9-4-2)21(19,20)15-12-10(13(17)18)6-5-7-11(12)14/h5-7,15H,3-4,8-9H2,1-2H3,(H,17,18). The van der Waals surface area contributed by atoms with Crippen LogP contribution in [-0.2, 0) is 10.2 Å². The number of nitrogens with one attached hydrogen (secondary N) is 1. The molecule has 0 radical (unpaired) electrons. The molecule has 21 heavy (non-hydrogen) atoms. The van der Waals surface area contributed by atoms with Crippen molar-refractivity contribution >= 4 is 21.9 Å². The van der Waals surface area contributed by atoms with Crippen LogP contribution in [0.3, 0.4) is 0 Å². The fourth-order valence-corrected chi connectivity index (χ4v) is 3.29. The van der Waals surface area contributed by atoms with Crippen LogP contribution in [-0.4, -0.2) is 36.9 Å². The Bertz CT molecular complexity index is 598. The first-order chi connectivity index (χ1) is 9.83. The molecule has 0 aromatic heterocycles. The van der Waals surface area contributed by atoms with E-state index < -0.39 is 33.2 Å². The Kier molecular flexibility index (Phi) is 6.10. The van der Waals surface area contributed by atoms with E-state index in [1.807, 2.05) is 18.6 Å². The largest absolute Gasteiger partial charge is 0.478 e. The number of aromatic carboxylic acids is 1. The van der Waals surface area contributed by atoms with Crippen molar-refractivity contribution in [2.24, 2.45) is 0 Å². The Balaban J connectivity index is 3.17. The molecule has 0 amide bonds. The molecular weight excluding hydrogens is 299 g/mol. The lowest BCUT2D eigenvalue weighted by Crippen LogP contribution is -2.37. The zero-order valence-corrected chi connectivity index (χ0v) is 12.8. The second-order valence-electron chi connectivity index (χ2n) is 4.47. The Labute approximate surface area is 123 Å². The second kappa shape index (κ2) is 7.37. The van der Waals surface area contributed by atoms with E-state index in [0.717, 1.165) is 12.1 Å². The molecule has 2 N–H and O–H groups in total. The first-order valence-corrected chi connectivity index (χ1v) is 8.07. The van der Waals surface area contributed by atoms with Gasteiger partial charge in [0, 0.05) is 13.1 Å². The molecule has 0 fully saturated rings. The van der Waals surface area contributed by atoms with Crippen LogP contribution in [0.1, 0.15) is 37.0 Å². The van der Waals surface area contributed by atoms with Gasteiger partial charge < -0.3 is 5.11 Å². The molecule has 0 heterocycles. The van der Waals surface area contributed by atoms with Gasteiger partial charge in [-0.25, -0.2) is 9.18 Å². The molecule has 118 valence electrons. The predicted octanol–water partition coefficient (Wildman–Crippen LogP) is 2.30. The van der Waals surface area contributed by atoms with Gasteiger partial charge in [0.05, 0.1) is 11.3 Å². The van der Waals surface area contributed by atoms with Crippen molar-refractivity contribution < 1.29 is 22.7 Å². The van der Waals surface area contributed by atoms with Gasteiger partial charge in [0.25, 0.3) is 0 Å². The highest BCUT2D eigenvalue weighted by Crippen LogP contribution is 2.22. The van der Waals surface area contributed by atoms with Gasteiger partial charge in [-0.1, -0.05) is 19.9 Å². The number of hydrogen-bond acceptors (Lipinski definition) is 3. The van der Waals surface area contributed by atoms with E-state index in [-0.39, 0.29) is 13.1 Å². The minimum atomic E-state index is -4.00. The normalized spacial score (nSPS) is 11.6. The number of benzene rings is 1. The van der Waals surface area contributed by atoms with Gasteiger partial charge in [-0.15, -0.1) is 0 Å². The number of carboxylic acids is 1. The number of anilines is 1. The molecule has 0 unspecified atom stereocenters. The molecule has 0 aliphatic heterocycles. The van der Waals surface area contributed by atoms with E-state index in [2.05, 4.69) is 0 Å². The summed E-state index contributed by atoms with van der Waals surface area (Å²) in [4.78, 5) is 11.1. The maximum atomic E-state index is 13.8. The van der Waals surface area contributed by atoms with Crippen molar-refractivity contribution in [3.8, 4) is 0 Å². The topological polar surface area (TPSA) is 86.7 Å². The smallest absolute Gasteiger partial charge is 0.337 e. The summed E-state index contributed by atoms with van der Waals surface area (Å²) in [5.41, 5.74) is -0.964. The lowest BCUT2D eigenvalue weighted by molar-refractivity contribution is 0.0697. The van der Waals surface area contributed by atoms with Crippen molar-refractivity contribution in [3.63, 3.8) is 0 Å². The molecule has 1 aromatic rings. The molecule has 6 nitrogen and oxygen atoms in total. The molecular formula is C13H19FN2O4S. The lowest BCUT2D eigenvalue weighted by atomic mass is 10.2. The highest BCUT2D eigenvalue weighted by molar-refractivity contribution is 7.90. The third kappa shape index (κ3) is 4.40. The number of para-hydroxylation sites is 1. The van der Waals surface area contributed by atoms with Crippen molar-refractivity contribution in [2.45, 2.75) is 26.7 Å². The summed E-state index contributed by atoms with van der Waals surface area (Å²) >= 11 is 0. The third-order valence-corrected chi connectivity index (χ3v) is 4.27. The molecule has 1 aromatic carbocycles. The SMILES string of the molecule is CCCN(CCC)S(=O)(=O)Nc1c(F)cccc1C(=O)O. The molecule has 0 spiro atoms. The monoisotopic (exact) mass is 318 g/mol. The first-order valence-electron chi connectivity index (χ1n) is 6.63. The van der Waals surface area contributed by atoms with Crippen LogP contribution >= 0.6 is 0 Å². The maximum absolute atomic E-state index is 13.8. The molecule has 8 heteroatoms. The number of carbonyl (C=O) groups is 1. The predicted molar refractivity (Wildman–Crippen MR) is 78.1 cm³/mol. The molecule has 0 atom stereocenters. The van der Waals surface area contributed by atoms with Gasteiger partial charge in [-0.05, 0) is 25.0 Å². The Morgan fingerprint density at radius 3 is 2.33 bits per heavy atom. The molecule has 0 aliphatic carbocycles. The van der Waals surface area contributed by atoms with Crippen LogP contribution in [0, 0.1) is 5.82 Å². The van der Waals surface area contributed by atoms with Gasteiger partial charge in [0.2, 0.25) is 0 Å². The quantitative estimate of drug-likeness (QED) is 0.770. The van der Waals surface area contributed by atoms with E-state index >= 15 is 0 Å². The first kappa shape index (κ1) is 17.4. The minimum absolute atomic E-state index is 0.278. The van der Waals surface area contributed by atoms with Crippen molar-refractivity contribution in [2.75, 3.05) is 17.8 Å². The highest BCUT2D eigenvalue weighted by Gasteiger charge is 2.24. The zero-order valence-electron chi connectivity index (χ0n) is 12.0. The summed E-state index contributed by atoms with van der Waals surface area (Å²) in [6, 6.07) is 3.37. The summed E-state index contributed by atoms with van der Waals surface area (Å²) in [6.45, 7) is 4.20. The van der Waals surface area contributed by atoms with Gasteiger partial charge in [0.15, 0.2) is 0 Å². The average molecular weight is 318 g/mol. The van der Waals surface area contributed by atoms with Crippen LogP contribution in [0.4, 0.5) is 10.1 Å². The van der Waals surface area contributed by atoms with Gasteiger partial charge in [0.1, 0.15) is 5.82 Å². The van der Waals surface area contributed by atoms with E-state index in [9.17, 15) is 17.6 Å². The van der Waals surface area contributed by atoms with Gasteiger partial charge >= 0.3 is 16.2 Å². The van der Waals surface area contributed by atoms with E-state index in [0.29, 0.717) is 12.8 Å². The van der Waals surface area contributed by atoms with Crippen LogP contribution in [0.5, 0.6) is 0 Å². The minimum Gasteiger partial charge on any atom is -0.478 e. The number of halogens is 1.